The highest BCUT2D eigenvalue weighted by Gasteiger charge is 2.16. The predicted octanol–water partition coefficient (Wildman–Crippen LogP) is 3.68. The third kappa shape index (κ3) is 2.47. The molecule has 6 heteroatoms. The van der Waals surface area contributed by atoms with Gasteiger partial charge in [-0.25, -0.2) is 13.9 Å². The van der Waals surface area contributed by atoms with Gasteiger partial charge in [0.25, 0.3) is 5.56 Å². The fourth-order valence-electron chi connectivity index (χ4n) is 2.94. The number of aryl methyl sites for hydroxylation is 1. The molecule has 4 rings (SSSR count). The Morgan fingerprint density at radius 1 is 1.15 bits per heavy atom. The number of nitrogens with zero attached hydrogens (tertiary/aromatic N) is 3. The summed E-state index contributed by atoms with van der Waals surface area (Å²) in [7, 11) is 0. The van der Waals surface area contributed by atoms with Crippen molar-refractivity contribution in [2.75, 3.05) is 0 Å². The van der Waals surface area contributed by atoms with Gasteiger partial charge in [-0.15, -0.1) is 0 Å². The Kier molecular flexibility index (Phi) is 3.63. The average molecular weight is 344 g/mol. The Hall–Kier alpha value is -3.72. The lowest BCUT2D eigenvalue weighted by atomic mass is 10.1. The molecule has 0 fully saturated rings. The van der Waals surface area contributed by atoms with Crippen molar-refractivity contribution in [1.29, 1.82) is 5.26 Å². The van der Waals surface area contributed by atoms with E-state index in [0.29, 0.717) is 33.7 Å². The summed E-state index contributed by atoms with van der Waals surface area (Å²) in [4.78, 5) is 17.1. The molecule has 0 atom stereocenters. The van der Waals surface area contributed by atoms with Crippen LogP contribution in [0.25, 0.3) is 28.2 Å². The second-order valence-corrected chi connectivity index (χ2v) is 5.92. The molecule has 0 saturated heterocycles. The molecule has 126 valence electrons. The molecule has 5 nitrogen and oxygen atoms in total. The fraction of sp³-hybridized carbons (Fsp3) is 0.0500. The zero-order valence-electron chi connectivity index (χ0n) is 13.8. The number of fused-ring (bicyclic) bond motifs is 1. The number of aromatic nitrogens is 3. The van der Waals surface area contributed by atoms with Crippen LogP contribution in [0.1, 0.15) is 11.1 Å². The number of hydrogen-bond acceptors (Lipinski definition) is 3. The molecule has 2 heterocycles. The number of benzene rings is 2. The van der Waals surface area contributed by atoms with E-state index >= 15 is 0 Å². The Morgan fingerprint density at radius 2 is 1.88 bits per heavy atom. The van der Waals surface area contributed by atoms with Gasteiger partial charge in [-0.05, 0) is 31.2 Å². The summed E-state index contributed by atoms with van der Waals surface area (Å²) < 4.78 is 15.5. The van der Waals surface area contributed by atoms with E-state index < -0.39 is 0 Å². The lowest BCUT2D eigenvalue weighted by Gasteiger charge is -2.02. The SMILES string of the molecule is Cc1c(-c2ccccc2F)[nH]n2c(=O)cc(-c3ccc(C#N)cc3)nc12. The van der Waals surface area contributed by atoms with Crippen LogP contribution in [0, 0.1) is 24.1 Å². The predicted molar refractivity (Wildman–Crippen MR) is 96.1 cm³/mol. The molecule has 0 saturated carbocycles. The first-order valence-corrected chi connectivity index (χ1v) is 7.96. The van der Waals surface area contributed by atoms with Crippen LogP contribution >= 0.6 is 0 Å². The third-order valence-corrected chi connectivity index (χ3v) is 4.31. The lowest BCUT2D eigenvalue weighted by molar-refractivity contribution is 0.630. The molecule has 1 N–H and O–H groups in total. The second kappa shape index (κ2) is 5.97. The molecule has 0 radical (unpaired) electrons. The van der Waals surface area contributed by atoms with Gasteiger partial charge in [-0.3, -0.25) is 9.89 Å². The zero-order valence-corrected chi connectivity index (χ0v) is 13.8. The van der Waals surface area contributed by atoms with E-state index in [1.165, 1.54) is 16.6 Å². The smallest absolute Gasteiger partial charge is 0.273 e. The largest absolute Gasteiger partial charge is 0.289 e. The van der Waals surface area contributed by atoms with Crippen LogP contribution in [-0.2, 0) is 0 Å². The number of H-pyrrole nitrogens is 1. The van der Waals surface area contributed by atoms with Crippen molar-refractivity contribution in [3.05, 3.63) is 81.9 Å². The van der Waals surface area contributed by atoms with Crippen molar-refractivity contribution in [3.8, 4) is 28.6 Å². The summed E-state index contributed by atoms with van der Waals surface area (Å²) in [6.07, 6.45) is 0. The first-order valence-electron chi connectivity index (χ1n) is 7.96. The zero-order chi connectivity index (χ0) is 18.3. The first kappa shape index (κ1) is 15.8. The summed E-state index contributed by atoms with van der Waals surface area (Å²) in [5.74, 6) is -0.373. The van der Waals surface area contributed by atoms with E-state index in [-0.39, 0.29) is 11.4 Å². The molecule has 2 aromatic heterocycles. The maximum atomic E-state index is 14.1. The third-order valence-electron chi connectivity index (χ3n) is 4.31. The molecule has 0 spiro atoms. The summed E-state index contributed by atoms with van der Waals surface area (Å²) in [6, 6.07) is 16.7. The average Bonchev–Trinajstić information content (AvgIpc) is 2.99. The Bertz CT molecular complexity index is 1230. The van der Waals surface area contributed by atoms with Gasteiger partial charge in [-0.2, -0.15) is 5.26 Å². The summed E-state index contributed by atoms with van der Waals surface area (Å²) in [5.41, 5.74) is 3.50. The van der Waals surface area contributed by atoms with E-state index in [2.05, 4.69) is 16.2 Å². The Labute approximate surface area is 148 Å². The molecule has 4 aromatic rings. The van der Waals surface area contributed by atoms with Crippen LogP contribution in [0.4, 0.5) is 4.39 Å². The Morgan fingerprint density at radius 3 is 2.58 bits per heavy atom. The fourth-order valence-corrected chi connectivity index (χ4v) is 2.94. The van der Waals surface area contributed by atoms with Gasteiger partial charge in [0.1, 0.15) is 5.82 Å². The number of hydrogen-bond donors (Lipinski definition) is 1. The van der Waals surface area contributed by atoms with Gasteiger partial charge < -0.3 is 0 Å². The van der Waals surface area contributed by atoms with Crippen molar-refractivity contribution in [2.24, 2.45) is 0 Å². The second-order valence-electron chi connectivity index (χ2n) is 5.92. The van der Waals surface area contributed by atoms with E-state index in [4.69, 9.17) is 5.26 Å². The number of nitrogens with one attached hydrogen (secondary N) is 1. The van der Waals surface area contributed by atoms with Crippen LogP contribution in [0.5, 0.6) is 0 Å². The van der Waals surface area contributed by atoms with Gasteiger partial charge >= 0.3 is 0 Å². The Balaban J connectivity index is 1.92. The highest BCUT2D eigenvalue weighted by atomic mass is 19.1. The molecule has 0 aliphatic heterocycles. The van der Waals surface area contributed by atoms with E-state index in [1.54, 1.807) is 49.4 Å². The molecule has 2 aromatic carbocycles. The van der Waals surface area contributed by atoms with E-state index in [0.717, 1.165) is 5.56 Å². The van der Waals surface area contributed by atoms with Crippen LogP contribution in [0.2, 0.25) is 0 Å². The van der Waals surface area contributed by atoms with Crippen molar-refractivity contribution >= 4 is 5.65 Å². The van der Waals surface area contributed by atoms with E-state index in [9.17, 15) is 9.18 Å². The topological polar surface area (TPSA) is 73.9 Å². The van der Waals surface area contributed by atoms with Gasteiger partial charge in [0.05, 0.1) is 23.0 Å². The molecule has 0 aliphatic rings. The molecular weight excluding hydrogens is 331 g/mol. The number of nitriles is 1. The minimum atomic E-state index is -0.373. The standard InChI is InChI=1S/C20H13FN4O/c1-12-19(15-4-2-3-5-16(15)21)24-25-18(26)10-17(23-20(12)25)14-8-6-13(11-22)7-9-14/h2-10,24H,1H3. The molecular formula is C20H13FN4O. The van der Waals surface area contributed by atoms with Gasteiger partial charge in [0.15, 0.2) is 5.65 Å². The molecule has 0 bridgehead atoms. The van der Waals surface area contributed by atoms with Crippen LogP contribution < -0.4 is 5.56 Å². The quantitative estimate of drug-likeness (QED) is 0.603. The first-order chi connectivity index (χ1) is 12.6. The van der Waals surface area contributed by atoms with Gasteiger partial charge in [0, 0.05) is 22.8 Å². The number of aromatic amines is 1. The number of rotatable bonds is 2. The minimum Gasteiger partial charge on any atom is -0.289 e. The normalized spacial score (nSPS) is 10.8. The van der Waals surface area contributed by atoms with Crippen molar-refractivity contribution < 1.29 is 4.39 Å². The van der Waals surface area contributed by atoms with Gasteiger partial charge in [0.2, 0.25) is 0 Å². The van der Waals surface area contributed by atoms with E-state index in [1.807, 2.05) is 0 Å². The van der Waals surface area contributed by atoms with Crippen LogP contribution in [0.15, 0.2) is 59.4 Å². The lowest BCUT2D eigenvalue weighted by Crippen LogP contribution is -2.14. The van der Waals surface area contributed by atoms with Gasteiger partial charge in [-0.1, -0.05) is 24.3 Å². The van der Waals surface area contributed by atoms with Crippen LogP contribution in [0.3, 0.4) is 0 Å². The van der Waals surface area contributed by atoms with Crippen molar-refractivity contribution in [2.45, 2.75) is 6.92 Å². The summed E-state index contributed by atoms with van der Waals surface area (Å²) >= 11 is 0. The maximum Gasteiger partial charge on any atom is 0.273 e. The molecule has 0 aliphatic carbocycles. The summed E-state index contributed by atoms with van der Waals surface area (Å²) in [6.45, 7) is 1.79. The molecule has 0 amide bonds. The summed E-state index contributed by atoms with van der Waals surface area (Å²) in [5, 5.41) is 11.8. The highest BCUT2D eigenvalue weighted by Crippen LogP contribution is 2.27. The highest BCUT2D eigenvalue weighted by molar-refractivity contribution is 5.72. The minimum absolute atomic E-state index is 0.292. The van der Waals surface area contributed by atoms with Crippen LogP contribution in [-0.4, -0.2) is 14.6 Å². The van der Waals surface area contributed by atoms with Crippen molar-refractivity contribution in [1.82, 2.24) is 14.6 Å². The monoisotopic (exact) mass is 344 g/mol. The number of halogens is 1. The van der Waals surface area contributed by atoms with Crippen molar-refractivity contribution in [3.63, 3.8) is 0 Å². The maximum absolute atomic E-state index is 14.1. The molecule has 26 heavy (non-hydrogen) atoms. The molecule has 0 unspecified atom stereocenters.